The monoisotopic (exact) mass is 328 g/mol. The van der Waals surface area contributed by atoms with E-state index in [-0.39, 0.29) is 17.8 Å². The number of rotatable bonds is 3. The second-order valence-corrected chi connectivity index (χ2v) is 6.04. The summed E-state index contributed by atoms with van der Waals surface area (Å²) < 4.78 is 13.6. The first-order chi connectivity index (χ1) is 8.99. The lowest BCUT2D eigenvalue weighted by molar-refractivity contribution is 0.0715. The summed E-state index contributed by atoms with van der Waals surface area (Å²) in [6, 6.07) is 4.46. The molecule has 1 saturated heterocycles. The van der Waals surface area contributed by atoms with Gasteiger partial charge in [0, 0.05) is 23.6 Å². The Morgan fingerprint density at radius 2 is 2.26 bits per heavy atom. The van der Waals surface area contributed by atoms with Crippen molar-refractivity contribution in [3.63, 3.8) is 0 Å². The Balaban J connectivity index is 2.18. The van der Waals surface area contributed by atoms with Crippen LogP contribution in [0.5, 0.6) is 0 Å². The predicted molar refractivity (Wildman–Crippen MR) is 76.7 cm³/mol. The van der Waals surface area contributed by atoms with E-state index < -0.39 is 0 Å². The number of carbonyl (C=O) groups is 1. The van der Waals surface area contributed by atoms with Crippen LogP contribution in [0.2, 0.25) is 0 Å². The summed E-state index contributed by atoms with van der Waals surface area (Å²) in [6.07, 6.45) is 2.06. The average molecular weight is 329 g/mol. The second kappa shape index (κ2) is 6.01. The molecule has 0 radical (unpaired) electrons. The Hall–Kier alpha value is -0.940. The quantitative estimate of drug-likeness (QED) is 0.851. The fraction of sp³-hybridized carbons (Fsp3) is 0.500. The normalized spacial score (nSPS) is 19.2. The minimum atomic E-state index is -0.338. The molecule has 1 unspecified atom stereocenters. The second-order valence-electron chi connectivity index (χ2n) is 5.18. The van der Waals surface area contributed by atoms with Crippen LogP contribution in [-0.4, -0.2) is 48.9 Å². The topological polar surface area (TPSA) is 23.6 Å². The van der Waals surface area contributed by atoms with Crippen molar-refractivity contribution in [1.29, 1.82) is 0 Å². The van der Waals surface area contributed by atoms with Gasteiger partial charge in [-0.05, 0) is 61.1 Å². The maximum atomic E-state index is 13.1. The zero-order valence-corrected chi connectivity index (χ0v) is 12.8. The van der Waals surface area contributed by atoms with E-state index in [2.05, 4.69) is 20.8 Å². The highest BCUT2D eigenvalue weighted by Gasteiger charge is 2.30. The van der Waals surface area contributed by atoms with Crippen molar-refractivity contribution in [3.05, 3.63) is 34.1 Å². The lowest BCUT2D eigenvalue weighted by Gasteiger charge is -2.27. The Kier molecular flexibility index (Phi) is 4.58. The van der Waals surface area contributed by atoms with Gasteiger partial charge in [-0.15, -0.1) is 0 Å². The third-order valence-corrected chi connectivity index (χ3v) is 4.03. The van der Waals surface area contributed by atoms with E-state index in [1.165, 1.54) is 12.1 Å². The van der Waals surface area contributed by atoms with Crippen molar-refractivity contribution in [2.45, 2.75) is 18.9 Å². The molecule has 0 aliphatic carbocycles. The number of likely N-dealkylation sites (tertiary alicyclic amines) is 1. The van der Waals surface area contributed by atoms with Crippen LogP contribution < -0.4 is 0 Å². The molecule has 0 saturated carbocycles. The summed E-state index contributed by atoms with van der Waals surface area (Å²) in [5.41, 5.74) is 0.534. The van der Waals surface area contributed by atoms with E-state index in [1.54, 1.807) is 6.07 Å². The first kappa shape index (κ1) is 14.5. The molecule has 0 aromatic heterocycles. The fourth-order valence-corrected chi connectivity index (χ4v) is 3.05. The predicted octanol–water partition coefficient (Wildman–Crippen LogP) is 2.75. The van der Waals surface area contributed by atoms with Crippen molar-refractivity contribution < 1.29 is 9.18 Å². The molecule has 104 valence electrons. The molecule has 0 N–H and O–H groups in total. The number of likely N-dealkylation sites (N-methyl/N-ethyl adjacent to an activating group) is 1. The molecule has 1 aromatic carbocycles. The number of nitrogens with zero attached hydrogens (tertiary/aromatic N) is 2. The number of benzene rings is 1. The van der Waals surface area contributed by atoms with Crippen LogP contribution in [0.4, 0.5) is 4.39 Å². The largest absolute Gasteiger partial charge is 0.334 e. The minimum Gasteiger partial charge on any atom is -0.334 e. The van der Waals surface area contributed by atoms with Crippen LogP contribution in [-0.2, 0) is 0 Å². The SMILES string of the molecule is CN(C)CC1CCCN1C(=O)c1ccc(F)cc1Br. The van der Waals surface area contributed by atoms with Crippen molar-refractivity contribution in [3.8, 4) is 0 Å². The molecule has 3 nitrogen and oxygen atoms in total. The molecule has 1 fully saturated rings. The fourth-order valence-electron chi connectivity index (χ4n) is 2.53. The van der Waals surface area contributed by atoms with Gasteiger partial charge in [0.15, 0.2) is 0 Å². The molecule has 1 aliphatic rings. The smallest absolute Gasteiger partial charge is 0.255 e. The van der Waals surface area contributed by atoms with Gasteiger partial charge >= 0.3 is 0 Å². The first-order valence-electron chi connectivity index (χ1n) is 6.40. The molecule has 2 rings (SSSR count). The van der Waals surface area contributed by atoms with Crippen molar-refractivity contribution >= 4 is 21.8 Å². The summed E-state index contributed by atoms with van der Waals surface area (Å²) in [7, 11) is 4.02. The molecular weight excluding hydrogens is 311 g/mol. The molecule has 1 aliphatic heterocycles. The van der Waals surface area contributed by atoms with Crippen LogP contribution in [0.25, 0.3) is 0 Å². The first-order valence-corrected chi connectivity index (χ1v) is 7.19. The summed E-state index contributed by atoms with van der Waals surface area (Å²) in [5.74, 6) is -0.356. The van der Waals surface area contributed by atoms with Gasteiger partial charge in [-0.1, -0.05) is 0 Å². The molecule has 0 spiro atoms. The summed E-state index contributed by atoms with van der Waals surface area (Å²) >= 11 is 3.27. The molecule has 1 atom stereocenters. The maximum absolute atomic E-state index is 13.1. The molecule has 1 heterocycles. The van der Waals surface area contributed by atoms with Gasteiger partial charge < -0.3 is 9.80 Å². The van der Waals surface area contributed by atoms with Crippen LogP contribution in [0, 0.1) is 5.82 Å². The van der Waals surface area contributed by atoms with Gasteiger partial charge in [0.05, 0.1) is 5.56 Å². The van der Waals surface area contributed by atoms with Crippen LogP contribution in [0.1, 0.15) is 23.2 Å². The van der Waals surface area contributed by atoms with Gasteiger partial charge in [0.25, 0.3) is 5.91 Å². The van der Waals surface area contributed by atoms with E-state index >= 15 is 0 Å². The highest BCUT2D eigenvalue weighted by Crippen LogP contribution is 2.25. The van der Waals surface area contributed by atoms with E-state index in [1.807, 2.05) is 19.0 Å². The van der Waals surface area contributed by atoms with Crippen LogP contribution in [0.15, 0.2) is 22.7 Å². The molecule has 19 heavy (non-hydrogen) atoms. The van der Waals surface area contributed by atoms with Gasteiger partial charge in [-0.3, -0.25) is 4.79 Å². The van der Waals surface area contributed by atoms with E-state index in [9.17, 15) is 9.18 Å². The zero-order valence-electron chi connectivity index (χ0n) is 11.2. The van der Waals surface area contributed by atoms with Gasteiger partial charge in [0.2, 0.25) is 0 Å². The Morgan fingerprint density at radius 1 is 1.53 bits per heavy atom. The number of hydrogen-bond acceptors (Lipinski definition) is 2. The summed E-state index contributed by atoms with van der Waals surface area (Å²) in [4.78, 5) is 16.5. The van der Waals surface area contributed by atoms with Crippen molar-refractivity contribution in [2.75, 3.05) is 27.2 Å². The van der Waals surface area contributed by atoms with Crippen molar-refractivity contribution in [1.82, 2.24) is 9.80 Å². The molecular formula is C14H18BrFN2O. The van der Waals surface area contributed by atoms with Gasteiger partial charge in [-0.25, -0.2) is 4.39 Å². The molecule has 5 heteroatoms. The maximum Gasteiger partial charge on any atom is 0.255 e. The Morgan fingerprint density at radius 3 is 2.89 bits per heavy atom. The zero-order chi connectivity index (χ0) is 14.0. The molecule has 0 bridgehead atoms. The van der Waals surface area contributed by atoms with Gasteiger partial charge in [-0.2, -0.15) is 0 Å². The third-order valence-electron chi connectivity index (χ3n) is 3.38. The number of hydrogen-bond donors (Lipinski definition) is 0. The van der Waals surface area contributed by atoms with E-state index in [0.717, 1.165) is 25.9 Å². The van der Waals surface area contributed by atoms with E-state index in [4.69, 9.17) is 0 Å². The average Bonchev–Trinajstić information content (AvgIpc) is 2.75. The third kappa shape index (κ3) is 3.34. The number of carbonyl (C=O) groups excluding carboxylic acids is 1. The summed E-state index contributed by atoms with van der Waals surface area (Å²) in [5, 5.41) is 0. The Bertz CT molecular complexity index is 479. The Labute approximate surface area is 121 Å². The summed E-state index contributed by atoms with van der Waals surface area (Å²) in [6.45, 7) is 1.64. The van der Waals surface area contributed by atoms with E-state index in [0.29, 0.717) is 10.0 Å². The highest BCUT2D eigenvalue weighted by molar-refractivity contribution is 9.10. The van der Waals surface area contributed by atoms with Gasteiger partial charge in [0.1, 0.15) is 5.82 Å². The van der Waals surface area contributed by atoms with Crippen LogP contribution in [0.3, 0.4) is 0 Å². The lowest BCUT2D eigenvalue weighted by atomic mass is 10.1. The van der Waals surface area contributed by atoms with Crippen LogP contribution >= 0.6 is 15.9 Å². The standard InChI is InChI=1S/C14H18BrFN2O/c1-17(2)9-11-4-3-7-18(11)14(19)12-6-5-10(16)8-13(12)15/h5-6,8,11H,3-4,7,9H2,1-2H3. The number of amides is 1. The lowest BCUT2D eigenvalue weighted by Crippen LogP contribution is -2.41. The highest BCUT2D eigenvalue weighted by atomic mass is 79.9. The molecule has 1 aromatic rings. The molecule has 1 amide bonds. The minimum absolute atomic E-state index is 0.0174. The number of halogens is 2. The van der Waals surface area contributed by atoms with Crippen molar-refractivity contribution in [2.24, 2.45) is 0 Å².